The number of benzene rings is 1. The van der Waals surface area contributed by atoms with Crippen molar-refractivity contribution in [2.75, 3.05) is 38.2 Å². The van der Waals surface area contributed by atoms with Crippen LogP contribution in [-0.2, 0) is 0 Å². The second-order valence-electron chi connectivity index (χ2n) is 5.63. The van der Waals surface area contributed by atoms with Crippen LogP contribution in [0.25, 0.3) is 0 Å². The Morgan fingerprint density at radius 2 is 2.12 bits per heavy atom. The fourth-order valence-corrected chi connectivity index (χ4v) is 2.44. The van der Waals surface area contributed by atoms with Crippen LogP contribution in [0.3, 0.4) is 0 Å². The molecule has 0 bridgehead atoms. The molecule has 0 spiro atoms. The summed E-state index contributed by atoms with van der Waals surface area (Å²) < 4.78 is 17.0. The third-order valence-corrected chi connectivity index (χ3v) is 3.62. The molecule has 0 saturated carbocycles. The monoisotopic (exact) mass is 356 g/mol. The summed E-state index contributed by atoms with van der Waals surface area (Å²) >= 11 is 0. The number of aromatic nitrogens is 1. The van der Waals surface area contributed by atoms with Crippen LogP contribution in [-0.4, -0.2) is 43.9 Å². The Kier molecular flexibility index (Phi) is 6.53. The smallest absolute Gasteiger partial charge is 0.195 e. The molecule has 2 N–H and O–H groups in total. The second kappa shape index (κ2) is 9.50. The van der Waals surface area contributed by atoms with E-state index >= 15 is 0 Å². The first-order chi connectivity index (χ1) is 12.8. The number of aliphatic imine (C=N–C) groups is 1. The Balaban J connectivity index is 1.58. The van der Waals surface area contributed by atoms with Crippen LogP contribution in [0.5, 0.6) is 17.2 Å². The summed E-state index contributed by atoms with van der Waals surface area (Å²) in [6.07, 6.45) is 4.29. The van der Waals surface area contributed by atoms with Crippen molar-refractivity contribution in [3.05, 3.63) is 42.7 Å². The van der Waals surface area contributed by atoms with Crippen molar-refractivity contribution < 1.29 is 14.2 Å². The van der Waals surface area contributed by atoms with Gasteiger partial charge in [-0.05, 0) is 31.2 Å². The van der Waals surface area contributed by atoms with Gasteiger partial charge in [-0.3, -0.25) is 4.98 Å². The molecule has 0 saturated heterocycles. The highest BCUT2D eigenvalue weighted by Crippen LogP contribution is 2.32. The van der Waals surface area contributed by atoms with Gasteiger partial charge in [0.15, 0.2) is 17.5 Å². The number of hydrogen-bond acceptors (Lipinski definition) is 5. The summed E-state index contributed by atoms with van der Waals surface area (Å²) in [5, 5.41) is 6.51. The summed E-state index contributed by atoms with van der Waals surface area (Å²) in [7, 11) is 0. The molecule has 2 aromatic rings. The molecule has 0 fully saturated rings. The summed E-state index contributed by atoms with van der Waals surface area (Å²) in [6, 6.07) is 9.51. The van der Waals surface area contributed by atoms with E-state index in [4.69, 9.17) is 14.2 Å². The van der Waals surface area contributed by atoms with Gasteiger partial charge in [-0.15, -0.1) is 0 Å². The lowest BCUT2D eigenvalue weighted by Gasteiger charge is -2.14. The van der Waals surface area contributed by atoms with Crippen LogP contribution in [0.15, 0.2) is 47.7 Å². The first-order valence-corrected chi connectivity index (χ1v) is 8.83. The molecule has 1 aliphatic heterocycles. The maximum Gasteiger partial charge on any atom is 0.195 e. The van der Waals surface area contributed by atoms with Gasteiger partial charge < -0.3 is 24.8 Å². The Labute approximate surface area is 153 Å². The standard InChI is InChI=1S/C19H24N4O3/c1-2-21-19(22-9-12-24-16-5-3-8-20-14-16)23-15-6-7-17-18(13-15)26-11-4-10-25-17/h3,5-8,13-14H,2,4,9-12H2,1H3,(H2,21,22,23). The van der Waals surface area contributed by atoms with Crippen molar-refractivity contribution in [2.24, 2.45) is 4.99 Å². The van der Waals surface area contributed by atoms with Crippen LogP contribution >= 0.6 is 0 Å². The Bertz CT molecular complexity index is 722. The predicted molar refractivity (Wildman–Crippen MR) is 101 cm³/mol. The Hall–Kier alpha value is -2.96. The lowest BCUT2D eigenvalue weighted by molar-refractivity contribution is 0.297. The minimum Gasteiger partial charge on any atom is -0.490 e. The normalized spacial score (nSPS) is 13.7. The van der Waals surface area contributed by atoms with Gasteiger partial charge in [0, 0.05) is 30.9 Å². The maximum absolute atomic E-state index is 5.73. The van der Waals surface area contributed by atoms with E-state index in [9.17, 15) is 0 Å². The summed E-state index contributed by atoms with van der Waals surface area (Å²) in [6.45, 7) is 5.13. The number of nitrogens with one attached hydrogen (secondary N) is 2. The number of ether oxygens (including phenoxy) is 3. The largest absolute Gasteiger partial charge is 0.490 e. The maximum atomic E-state index is 5.73. The molecule has 2 heterocycles. The van der Waals surface area contributed by atoms with Gasteiger partial charge in [0.1, 0.15) is 12.4 Å². The molecular weight excluding hydrogens is 332 g/mol. The molecule has 3 rings (SSSR count). The zero-order valence-electron chi connectivity index (χ0n) is 14.9. The van der Waals surface area contributed by atoms with Crippen molar-refractivity contribution in [1.29, 1.82) is 0 Å². The van der Waals surface area contributed by atoms with E-state index in [2.05, 4.69) is 20.6 Å². The molecule has 7 heteroatoms. The third-order valence-electron chi connectivity index (χ3n) is 3.62. The van der Waals surface area contributed by atoms with E-state index < -0.39 is 0 Å². The number of guanidine groups is 1. The Morgan fingerprint density at radius 3 is 2.92 bits per heavy atom. The lowest BCUT2D eigenvalue weighted by atomic mass is 10.3. The SMILES string of the molecule is CCNC(=NCCOc1cccnc1)Nc1ccc2c(c1)OCCCO2. The fraction of sp³-hybridized carbons (Fsp3) is 0.368. The van der Waals surface area contributed by atoms with Gasteiger partial charge in [0.25, 0.3) is 0 Å². The third kappa shape index (κ3) is 5.27. The molecule has 1 aliphatic rings. The molecule has 1 aromatic heterocycles. The van der Waals surface area contributed by atoms with Crippen molar-refractivity contribution in [2.45, 2.75) is 13.3 Å². The van der Waals surface area contributed by atoms with E-state index in [1.54, 1.807) is 12.4 Å². The van der Waals surface area contributed by atoms with E-state index in [-0.39, 0.29) is 0 Å². The van der Waals surface area contributed by atoms with Crippen molar-refractivity contribution in [3.8, 4) is 17.2 Å². The van der Waals surface area contributed by atoms with Gasteiger partial charge in [-0.1, -0.05) is 0 Å². The van der Waals surface area contributed by atoms with Gasteiger partial charge >= 0.3 is 0 Å². The van der Waals surface area contributed by atoms with E-state index in [1.807, 2.05) is 37.3 Å². The number of fused-ring (bicyclic) bond motifs is 1. The summed E-state index contributed by atoms with van der Waals surface area (Å²) in [4.78, 5) is 8.55. The van der Waals surface area contributed by atoms with Crippen molar-refractivity contribution in [3.63, 3.8) is 0 Å². The average molecular weight is 356 g/mol. The lowest BCUT2D eigenvalue weighted by Crippen LogP contribution is -2.31. The molecule has 26 heavy (non-hydrogen) atoms. The minimum atomic E-state index is 0.476. The molecule has 7 nitrogen and oxygen atoms in total. The molecule has 0 aliphatic carbocycles. The molecule has 0 unspecified atom stereocenters. The van der Waals surface area contributed by atoms with Crippen molar-refractivity contribution in [1.82, 2.24) is 10.3 Å². The number of hydrogen-bond donors (Lipinski definition) is 2. The predicted octanol–water partition coefficient (Wildman–Crippen LogP) is 2.70. The van der Waals surface area contributed by atoms with E-state index in [0.29, 0.717) is 32.3 Å². The topological polar surface area (TPSA) is 77.0 Å². The minimum absolute atomic E-state index is 0.476. The first kappa shape index (κ1) is 17.8. The molecule has 0 radical (unpaired) electrons. The van der Waals surface area contributed by atoms with E-state index in [1.165, 1.54) is 0 Å². The number of rotatable bonds is 6. The van der Waals surface area contributed by atoms with Crippen molar-refractivity contribution >= 4 is 11.6 Å². The molecule has 1 aromatic carbocycles. The van der Waals surface area contributed by atoms with Crippen LogP contribution in [0.2, 0.25) is 0 Å². The quantitative estimate of drug-likeness (QED) is 0.471. The summed E-state index contributed by atoms with van der Waals surface area (Å²) in [5.41, 5.74) is 0.891. The highest BCUT2D eigenvalue weighted by atomic mass is 16.5. The molecule has 0 atom stereocenters. The highest BCUT2D eigenvalue weighted by Gasteiger charge is 2.11. The van der Waals surface area contributed by atoms with E-state index in [0.717, 1.165) is 35.9 Å². The number of anilines is 1. The molecule has 0 amide bonds. The first-order valence-electron chi connectivity index (χ1n) is 8.83. The molecule has 138 valence electrons. The van der Waals surface area contributed by atoms with Gasteiger partial charge in [-0.25, -0.2) is 4.99 Å². The zero-order chi connectivity index (χ0) is 18.0. The van der Waals surface area contributed by atoms with Crippen LogP contribution < -0.4 is 24.8 Å². The zero-order valence-corrected chi connectivity index (χ0v) is 14.9. The number of nitrogens with zero attached hydrogens (tertiary/aromatic N) is 2. The molecular formula is C19H24N4O3. The Morgan fingerprint density at radius 1 is 1.23 bits per heavy atom. The van der Waals surface area contributed by atoms with Gasteiger partial charge in [-0.2, -0.15) is 0 Å². The van der Waals surface area contributed by atoms with Crippen LogP contribution in [0, 0.1) is 0 Å². The average Bonchev–Trinajstić information content (AvgIpc) is 2.91. The van der Waals surface area contributed by atoms with Crippen LogP contribution in [0.4, 0.5) is 5.69 Å². The highest BCUT2D eigenvalue weighted by molar-refractivity contribution is 5.93. The van der Waals surface area contributed by atoms with Gasteiger partial charge in [0.05, 0.1) is 26.0 Å². The fourth-order valence-electron chi connectivity index (χ4n) is 2.44. The summed E-state index contributed by atoms with van der Waals surface area (Å²) in [5.74, 6) is 2.96. The number of pyridine rings is 1. The van der Waals surface area contributed by atoms with Crippen LogP contribution in [0.1, 0.15) is 13.3 Å². The second-order valence-corrected chi connectivity index (χ2v) is 5.63. The van der Waals surface area contributed by atoms with Gasteiger partial charge in [0.2, 0.25) is 0 Å².